The Morgan fingerprint density at radius 2 is 1.84 bits per heavy atom. The van der Waals surface area contributed by atoms with Gasteiger partial charge in [-0.2, -0.15) is 18.3 Å². The number of hydrogen-bond donors (Lipinski definition) is 2. The highest BCUT2D eigenvalue weighted by atomic mass is 19.4. The Hall–Kier alpha value is -3.23. The predicted molar refractivity (Wildman–Crippen MR) is 85.0 cm³/mol. The number of halogens is 3. The van der Waals surface area contributed by atoms with E-state index in [4.69, 9.17) is 0 Å². The van der Waals surface area contributed by atoms with Crippen LogP contribution in [0.4, 0.5) is 18.9 Å². The number of amides is 2. The van der Waals surface area contributed by atoms with Crippen molar-refractivity contribution in [3.63, 3.8) is 0 Å². The molecule has 0 radical (unpaired) electrons. The van der Waals surface area contributed by atoms with Crippen LogP contribution in [-0.2, 0) is 4.79 Å². The van der Waals surface area contributed by atoms with Gasteiger partial charge in [-0.15, -0.1) is 0 Å². The van der Waals surface area contributed by atoms with Crippen LogP contribution < -0.4 is 10.7 Å². The van der Waals surface area contributed by atoms with E-state index in [1.807, 2.05) is 0 Å². The number of carbonyl (C=O) groups excluding carboxylic acids is 2. The van der Waals surface area contributed by atoms with E-state index in [0.717, 1.165) is 0 Å². The number of carbonyl (C=O) groups is 2. The number of alkyl halides is 3. The molecule has 1 aromatic carbocycles. The second kappa shape index (κ2) is 7.56. The normalized spacial score (nSPS) is 11.8. The van der Waals surface area contributed by atoms with E-state index >= 15 is 0 Å². The Kier molecular flexibility index (Phi) is 5.48. The van der Waals surface area contributed by atoms with Gasteiger partial charge in [0.15, 0.2) is 0 Å². The molecule has 0 unspecified atom stereocenters. The summed E-state index contributed by atoms with van der Waals surface area (Å²) in [6.45, 7) is 1.56. The van der Waals surface area contributed by atoms with Crippen molar-refractivity contribution in [3.05, 3.63) is 59.9 Å². The van der Waals surface area contributed by atoms with E-state index in [1.54, 1.807) is 30.4 Å². The van der Waals surface area contributed by atoms with Gasteiger partial charge in [-0.05, 0) is 36.8 Å². The zero-order valence-electron chi connectivity index (χ0n) is 13.0. The minimum Gasteiger partial charge on any atom is -0.318 e. The first-order valence-corrected chi connectivity index (χ1v) is 7.00. The molecular weight excluding hydrogens is 337 g/mol. The number of benzene rings is 1. The van der Waals surface area contributed by atoms with Gasteiger partial charge in [0.1, 0.15) is 0 Å². The first-order valence-electron chi connectivity index (χ1n) is 7.00. The first kappa shape index (κ1) is 18.1. The summed E-state index contributed by atoms with van der Waals surface area (Å²) in [6.07, 6.45) is -2.09. The molecule has 0 fully saturated rings. The highest BCUT2D eigenvalue weighted by Crippen LogP contribution is 2.19. The lowest BCUT2D eigenvalue weighted by atomic mass is 10.1. The molecule has 0 aliphatic rings. The van der Waals surface area contributed by atoms with Gasteiger partial charge in [0.2, 0.25) is 0 Å². The monoisotopic (exact) mass is 350 g/mol. The van der Waals surface area contributed by atoms with Crippen LogP contribution in [0, 0.1) is 0 Å². The van der Waals surface area contributed by atoms with Gasteiger partial charge in [0.25, 0.3) is 5.91 Å². The van der Waals surface area contributed by atoms with Gasteiger partial charge in [-0.1, -0.05) is 12.1 Å². The molecule has 0 saturated carbocycles. The largest absolute Gasteiger partial charge is 0.471 e. The zero-order chi connectivity index (χ0) is 18.4. The van der Waals surface area contributed by atoms with E-state index in [0.29, 0.717) is 16.8 Å². The Morgan fingerprint density at radius 1 is 1.12 bits per heavy atom. The van der Waals surface area contributed by atoms with Crippen molar-refractivity contribution in [2.75, 3.05) is 5.32 Å². The topological polar surface area (TPSA) is 83.4 Å². The second-order valence-corrected chi connectivity index (χ2v) is 4.91. The number of pyridine rings is 1. The minimum atomic E-state index is -4.98. The Labute approximate surface area is 140 Å². The van der Waals surface area contributed by atoms with Crippen molar-refractivity contribution in [3.8, 4) is 0 Å². The van der Waals surface area contributed by atoms with Gasteiger partial charge in [-0.3, -0.25) is 14.6 Å². The highest BCUT2D eigenvalue weighted by Gasteiger charge is 2.38. The molecule has 1 aromatic heterocycles. The third-order valence-corrected chi connectivity index (χ3v) is 3.04. The standard InChI is InChI=1S/C16H13F3N4O2/c1-10(22-23-14(24)12-5-3-7-20-9-12)11-4-2-6-13(8-11)21-15(25)16(17,18)19/h2-9H,1H3,(H,21,25)(H,23,24). The molecule has 0 aliphatic carbocycles. The van der Waals surface area contributed by atoms with Crippen LogP contribution in [0.1, 0.15) is 22.8 Å². The Morgan fingerprint density at radius 3 is 2.48 bits per heavy atom. The SMILES string of the molecule is CC(=NNC(=O)c1cccnc1)c1cccc(NC(=O)C(F)(F)F)c1. The summed E-state index contributed by atoms with van der Waals surface area (Å²) in [5.41, 5.74) is 3.38. The molecule has 2 rings (SSSR count). The lowest BCUT2D eigenvalue weighted by Crippen LogP contribution is -2.29. The molecular formula is C16H13F3N4O2. The van der Waals surface area contributed by atoms with Gasteiger partial charge in [0, 0.05) is 18.1 Å². The zero-order valence-corrected chi connectivity index (χ0v) is 13.0. The van der Waals surface area contributed by atoms with E-state index in [2.05, 4.69) is 15.5 Å². The summed E-state index contributed by atoms with van der Waals surface area (Å²) in [6, 6.07) is 8.83. The first-order chi connectivity index (χ1) is 11.8. The Bertz CT molecular complexity index is 805. The molecule has 9 heteroatoms. The maximum Gasteiger partial charge on any atom is 0.471 e. The van der Waals surface area contributed by atoms with Crippen LogP contribution in [0.5, 0.6) is 0 Å². The van der Waals surface area contributed by atoms with Gasteiger partial charge in [0.05, 0.1) is 11.3 Å². The lowest BCUT2D eigenvalue weighted by molar-refractivity contribution is -0.167. The fourth-order valence-electron chi connectivity index (χ4n) is 1.78. The van der Waals surface area contributed by atoms with Crippen LogP contribution in [-0.4, -0.2) is 28.7 Å². The summed E-state index contributed by atoms with van der Waals surface area (Å²) in [5, 5.41) is 5.65. The van der Waals surface area contributed by atoms with E-state index in [9.17, 15) is 22.8 Å². The van der Waals surface area contributed by atoms with Gasteiger partial charge >= 0.3 is 12.1 Å². The maximum atomic E-state index is 12.3. The average molecular weight is 350 g/mol. The quantitative estimate of drug-likeness (QED) is 0.657. The summed E-state index contributed by atoms with van der Waals surface area (Å²) >= 11 is 0. The molecule has 0 saturated heterocycles. The molecule has 0 aliphatic heterocycles. The van der Waals surface area contributed by atoms with Crippen molar-refractivity contribution >= 4 is 23.2 Å². The Balaban J connectivity index is 2.09. The summed E-state index contributed by atoms with van der Waals surface area (Å²) < 4.78 is 36.8. The van der Waals surface area contributed by atoms with Crippen molar-refractivity contribution in [2.45, 2.75) is 13.1 Å². The van der Waals surface area contributed by atoms with Gasteiger partial charge in [-0.25, -0.2) is 5.43 Å². The number of rotatable bonds is 4. The molecule has 25 heavy (non-hydrogen) atoms. The third-order valence-electron chi connectivity index (χ3n) is 3.04. The van der Waals surface area contributed by atoms with Crippen LogP contribution in [0.25, 0.3) is 0 Å². The second-order valence-electron chi connectivity index (χ2n) is 4.91. The third kappa shape index (κ3) is 5.13. The van der Waals surface area contributed by atoms with Crippen LogP contribution in [0.15, 0.2) is 53.9 Å². The predicted octanol–water partition coefficient (Wildman–Crippen LogP) is 2.74. The van der Waals surface area contributed by atoms with E-state index in [-0.39, 0.29) is 5.69 Å². The van der Waals surface area contributed by atoms with Crippen molar-refractivity contribution in [1.29, 1.82) is 0 Å². The number of nitrogens with one attached hydrogen (secondary N) is 2. The molecule has 6 nitrogen and oxygen atoms in total. The number of hydrazone groups is 1. The molecule has 1 heterocycles. The van der Waals surface area contributed by atoms with Crippen molar-refractivity contribution in [2.24, 2.45) is 5.10 Å². The van der Waals surface area contributed by atoms with Crippen LogP contribution in [0.3, 0.4) is 0 Å². The molecule has 2 N–H and O–H groups in total. The molecule has 130 valence electrons. The van der Waals surface area contributed by atoms with Crippen LogP contribution in [0.2, 0.25) is 0 Å². The number of anilines is 1. The maximum absolute atomic E-state index is 12.3. The molecule has 2 aromatic rings. The number of hydrogen-bond acceptors (Lipinski definition) is 4. The molecule has 0 spiro atoms. The molecule has 2 amide bonds. The van der Waals surface area contributed by atoms with Gasteiger partial charge < -0.3 is 5.32 Å². The summed E-state index contributed by atoms with van der Waals surface area (Å²) in [7, 11) is 0. The number of aromatic nitrogens is 1. The van der Waals surface area contributed by atoms with E-state index in [1.165, 1.54) is 30.6 Å². The fourth-order valence-corrected chi connectivity index (χ4v) is 1.78. The smallest absolute Gasteiger partial charge is 0.318 e. The fraction of sp³-hybridized carbons (Fsp3) is 0.125. The summed E-state index contributed by atoms with van der Waals surface area (Å²) in [4.78, 5) is 26.6. The number of nitrogens with zero attached hydrogens (tertiary/aromatic N) is 2. The summed E-state index contributed by atoms with van der Waals surface area (Å²) in [5.74, 6) is -2.54. The van der Waals surface area contributed by atoms with E-state index < -0.39 is 18.0 Å². The lowest BCUT2D eigenvalue weighted by Gasteiger charge is -2.09. The molecule has 0 atom stereocenters. The van der Waals surface area contributed by atoms with Crippen molar-refractivity contribution < 1.29 is 22.8 Å². The minimum absolute atomic E-state index is 0.0343. The highest BCUT2D eigenvalue weighted by molar-refractivity contribution is 6.02. The average Bonchev–Trinajstić information content (AvgIpc) is 2.59. The molecule has 0 bridgehead atoms. The van der Waals surface area contributed by atoms with Crippen molar-refractivity contribution in [1.82, 2.24) is 10.4 Å². The van der Waals surface area contributed by atoms with Crippen LogP contribution >= 0.6 is 0 Å².